The molecular weight excluding hydrogens is 274 g/mol. The number of hydrogen-bond acceptors (Lipinski definition) is 5. The maximum atomic E-state index is 11.5. The Balaban J connectivity index is 2.53. The molecule has 21 heavy (non-hydrogen) atoms. The first-order chi connectivity index (χ1) is 10.0. The highest BCUT2D eigenvalue weighted by Gasteiger charge is 2.11. The van der Waals surface area contributed by atoms with Crippen LogP contribution in [0.25, 0.3) is 0 Å². The first-order valence-electron chi connectivity index (χ1n) is 6.70. The van der Waals surface area contributed by atoms with Crippen molar-refractivity contribution in [2.24, 2.45) is 0 Å². The minimum absolute atomic E-state index is 0.0626. The van der Waals surface area contributed by atoms with Crippen molar-refractivity contribution < 1.29 is 24.2 Å². The van der Waals surface area contributed by atoms with Crippen LogP contribution < -0.4 is 4.74 Å². The highest BCUT2D eigenvalue weighted by Crippen LogP contribution is 2.18. The normalized spacial score (nSPS) is 10.6. The van der Waals surface area contributed by atoms with E-state index in [1.165, 1.54) is 6.92 Å². The number of rotatable bonds is 10. The molecule has 0 amide bonds. The van der Waals surface area contributed by atoms with E-state index in [9.17, 15) is 9.59 Å². The molecule has 1 aromatic carbocycles. The second kappa shape index (κ2) is 9.10. The third-order valence-corrected chi connectivity index (χ3v) is 2.90. The number of hydrogen-bond donors (Lipinski definition) is 1. The van der Waals surface area contributed by atoms with Crippen molar-refractivity contribution in [3.8, 4) is 5.75 Å². The van der Waals surface area contributed by atoms with Crippen LogP contribution in [0.2, 0.25) is 0 Å². The monoisotopic (exact) mass is 295 g/mol. The first kappa shape index (κ1) is 17.1. The van der Waals surface area contributed by atoms with Gasteiger partial charge in [-0.15, -0.1) is 0 Å². The predicted octanol–water partition coefficient (Wildman–Crippen LogP) is 1.30. The molecular formula is C15H21NO5. The zero-order chi connectivity index (χ0) is 15.7. The molecule has 0 bridgehead atoms. The molecule has 0 saturated carbocycles. The van der Waals surface area contributed by atoms with Gasteiger partial charge in [-0.05, 0) is 19.1 Å². The lowest BCUT2D eigenvalue weighted by Gasteiger charge is -2.20. The number of carboxylic acids is 1. The molecule has 6 nitrogen and oxygen atoms in total. The van der Waals surface area contributed by atoms with E-state index in [0.29, 0.717) is 37.6 Å². The summed E-state index contributed by atoms with van der Waals surface area (Å²) in [5.74, 6) is -0.436. The van der Waals surface area contributed by atoms with Crippen molar-refractivity contribution in [2.75, 3.05) is 40.0 Å². The standard InChI is InChI=1S/C15H21NO5/c1-12(17)13-5-3-4-6-14(13)21-10-8-16(7-9-20-2)11-15(18)19/h3-6H,7-11H2,1-2H3,(H,18,19). The van der Waals surface area contributed by atoms with Crippen LogP contribution in [0.15, 0.2) is 24.3 Å². The lowest BCUT2D eigenvalue weighted by Crippen LogP contribution is -2.35. The van der Waals surface area contributed by atoms with Crippen molar-refractivity contribution in [1.82, 2.24) is 4.90 Å². The largest absolute Gasteiger partial charge is 0.491 e. The van der Waals surface area contributed by atoms with E-state index in [2.05, 4.69) is 0 Å². The number of carbonyl (C=O) groups excluding carboxylic acids is 1. The number of benzene rings is 1. The van der Waals surface area contributed by atoms with Crippen LogP contribution in [0, 0.1) is 0 Å². The average molecular weight is 295 g/mol. The van der Waals surface area contributed by atoms with Gasteiger partial charge in [0, 0.05) is 20.2 Å². The molecule has 0 spiro atoms. The molecule has 0 aliphatic heterocycles. The maximum absolute atomic E-state index is 11.5. The summed E-state index contributed by atoms with van der Waals surface area (Å²) in [5.41, 5.74) is 0.527. The number of nitrogens with zero attached hydrogens (tertiary/aromatic N) is 1. The zero-order valence-corrected chi connectivity index (χ0v) is 12.4. The molecule has 6 heteroatoms. The molecule has 0 saturated heterocycles. The second-order valence-electron chi connectivity index (χ2n) is 4.56. The van der Waals surface area contributed by atoms with Crippen LogP contribution in [-0.2, 0) is 9.53 Å². The van der Waals surface area contributed by atoms with E-state index in [0.717, 1.165) is 0 Å². The Bertz CT molecular complexity index is 475. The maximum Gasteiger partial charge on any atom is 0.317 e. The Hall–Kier alpha value is -1.92. The number of methoxy groups -OCH3 is 1. The number of ketones is 1. The van der Waals surface area contributed by atoms with Gasteiger partial charge in [0.1, 0.15) is 12.4 Å². The van der Waals surface area contributed by atoms with E-state index in [-0.39, 0.29) is 12.3 Å². The summed E-state index contributed by atoms with van der Waals surface area (Å²) < 4.78 is 10.5. The van der Waals surface area contributed by atoms with Crippen LogP contribution in [0.5, 0.6) is 5.75 Å². The molecule has 0 radical (unpaired) electrons. The van der Waals surface area contributed by atoms with Gasteiger partial charge >= 0.3 is 5.97 Å². The van der Waals surface area contributed by atoms with Crippen LogP contribution in [0.3, 0.4) is 0 Å². The van der Waals surface area contributed by atoms with Crippen molar-refractivity contribution in [1.29, 1.82) is 0 Å². The minimum atomic E-state index is -0.893. The number of para-hydroxylation sites is 1. The van der Waals surface area contributed by atoms with Crippen LogP contribution in [0.1, 0.15) is 17.3 Å². The highest BCUT2D eigenvalue weighted by molar-refractivity contribution is 5.96. The van der Waals surface area contributed by atoms with Gasteiger partial charge in [0.25, 0.3) is 0 Å². The van der Waals surface area contributed by atoms with E-state index < -0.39 is 5.97 Å². The van der Waals surface area contributed by atoms with Gasteiger partial charge in [-0.1, -0.05) is 12.1 Å². The molecule has 0 aliphatic rings. The summed E-state index contributed by atoms with van der Waals surface area (Å²) in [6.45, 7) is 3.14. The molecule has 0 fully saturated rings. The van der Waals surface area contributed by atoms with Gasteiger partial charge in [0.15, 0.2) is 5.78 Å². The van der Waals surface area contributed by atoms with Gasteiger partial charge in [-0.2, -0.15) is 0 Å². The molecule has 1 rings (SSSR count). The molecule has 0 aromatic heterocycles. The molecule has 0 aliphatic carbocycles. The molecule has 1 N–H and O–H groups in total. The fourth-order valence-corrected chi connectivity index (χ4v) is 1.85. The smallest absolute Gasteiger partial charge is 0.317 e. The number of aliphatic carboxylic acids is 1. The SMILES string of the molecule is COCCN(CCOc1ccccc1C(C)=O)CC(=O)O. The quantitative estimate of drug-likeness (QED) is 0.656. The molecule has 1 aromatic rings. The lowest BCUT2D eigenvalue weighted by molar-refractivity contribution is -0.138. The summed E-state index contributed by atoms with van der Waals surface area (Å²) in [6.07, 6.45) is 0. The second-order valence-corrected chi connectivity index (χ2v) is 4.56. The summed E-state index contributed by atoms with van der Waals surface area (Å²) in [7, 11) is 1.57. The number of carboxylic acid groups (broad SMARTS) is 1. The predicted molar refractivity (Wildman–Crippen MR) is 77.9 cm³/mol. The summed E-state index contributed by atoms with van der Waals surface area (Å²) >= 11 is 0. The number of carbonyl (C=O) groups is 2. The van der Waals surface area contributed by atoms with Crippen LogP contribution >= 0.6 is 0 Å². The Morgan fingerprint density at radius 3 is 2.48 bits per heavy atom. The van der Waals surface area contributed by atoms with Gasteiger partial charge in [-0.3, -0.25) is 14.5 Å². The van der Waals surface area contributed by atoms with Gasteiger partial charge in [0.05, 0.1) is 18.7 Å². The highest BCUT2D eigenvalue weighted by atomic mass is 16.5. The van der Waals surface area contributed by atoms with Gasteiger partial charge < -0.3 is 14.6 Å². The topological polar surface area (TPSA) is 76.1 Å². The van der Waals surface area contributed by atoms with Crippen molar-refractivity contribution in [2.45, 2.75) is 6.92 Å². The van der Waals surface area contributed by atoms with E-state index >= 15 is 0 Å². The van der Waals surface area contributed by atoms with Crippen LogP contribution in [-0.4, -0.2) is 61.7 Å². The molecule has 0 atom stereocenters. The molecule has 0 heterocycles. The number of ether oxygens (including phenoxy) is 2. The minimum Gasteiger partial charge on any atom is -0.491 e. The van der Waals surface area contributed by atoms with E-state index in [1.807, 2.05) is 0 Å². The number of Topliss-reactive ketones (excluding diaryl/α,β-unsaturated/α-hetero) is 1. The fraction of sp³-hybridized carbons (Fsp3) is 0.467. The van der Waals surface area contributed by atoms with Crippen molar-refractivity contribution in [3.63, 3.8) is 0 Å². The molecule has 0 unspecified atom stereocenters. The Morgan fingerprint density at radius 1 is 1.19 bits per heavy atom. The van der Waals surface area contributed by atoms with Crippen molar-refractivity contribution in [3.05, 3.63) is 29.8 Å². The third kappa shape index (κ3) is 6.37. The Labute approximate surface area is 124 Å². The first-order valence-corrected chi connectivity index (χ1v) is 6.70. The summed E-state index contributed by atoms with van der Waals surface area (Å²) in [4.78, 5) is 24.0. The third-order valence-electron chi connectivity index (χ3n) is 2.90. The summed E-state index contributed by atoms with van der Waals surface area (Å²) in [6, 6.07) is 7.01. The van der Waals surface area contributed by atoms with Crippen LogP contribution in [0.4, 0.5) is 0 Å². The fourth-order valence-electron chi connectivity index (χ4n) is 1.85. The Morgan fingerprint density at radius 2 is 1.86 bits per heavy atom. The Kier molecular flexibility index (Phi) is 7.42. The van der Waals surface area contributed by atoms with Gasteiger partial charge in [-0.25, -0.2) is 0 Å². The zero-order valence-electron chi connectivity index (χ0n) is 12.4. The van der Waals surface area contributed by atoms with Gasteiger partial charge in [0.2, 0.25) is 0 Å². The van der Waals surface area contributed by atoms with Crippen molar-refractivity contribution >= 4 is 11.8 Å². The lowest BCUT2D eigenvalue weighted by atomic mass is 10.1. The summed E-state index contributed by atoms with van der Waals surface area (Å²) in [5, 5.41) is 8.85. The van der Waals surface area contributed by atoms with E-state index in [1.54, 1.807) is 36.3 Å². The van der Waals surface area contributed by atoms with E-state index in [4.69, 9.17) is 14.6 Å². The molecule has 116 valence electrons. The average Bonchev–Trinajstić information content (AvgIpc) is 2.44.